The molecule has 64 valence electrons. The van der Waals surface area contributed by atoms with E-state index in [0.29, 0.717) is 0 Å². The van der Waals surface area contributed by atoms with Crippen molar-refractivity contribution in [2.45, 2.75) is 32.1 Å². The summed E-state index contributed by atoms with van der Waals surface area (Å²) in [6.45, 7) is 0. The third-order valence-electron chi connectivity index (χ3n) is 2.03. The summed E-state index contributed by atoms with van der Waals surface area (Å²) in [6.07, 6.45) is 8.17. The summed E-state index contributed by atoms with van der Waals surface area (Å²) in [5.41, 5.74) is 9.27. The van der Waals surface area contributed by atoms with E-state index in [1.54, 1.807) is 6.08 Å². The van der Waals surface area contributed by atoms with Gasteiger partial charge in [0.2, 0.25) is 0 Å². The number of ketones is 1. The first-order valence-corrected chi connectivity index (χ1v) is 4.24. The van der Waals surface area contributed by atoms with Crippen LogP contribution >= 0.6 is 0 Å². The van der Waals surface area contributed by atoms with E-state index in [9.17, 15) is 4.79 Å². The van der Waals surface area contributed by atoms with E-state index in [1.165, 1.54) is 24.8 Å². The zero-order chi connectivity index (χ0) is 8.81. The Labute approximate surface area is 71.7 Å². The van der Waals surface area contributed by atoms with Gasteiger partial charge in [0.15, 0.2) is 0 Å². The topological polar surface area (TPSA) is 53.5 Å². The van der Waals surface area contributed by atoms with E-state index in [2.05, 4.69) is 4.79 Å². The fourth-order valence-electron chi connectivity index (χ4n) is 1.45. The largest absolute Gasteiger partial charge is 0.361 e. The zero-order valence-electron chi connectivity index (χ0n) is 6.99. The van der Waals surface area contributed by atoms with Gasteiger partial charge < -0.3 is 5.53 Å². The summed E-state index contributed by atoms with van der Waals surface area (Å²) >= 11 is 0. The smallest absolute Gasteiger partial charge is 0.327 e. The lowest BCUT2D eigenvalue weighted by atomic mass is 9.94. The molecule has 0 aromatic rings. The van der Waals surface area contributed by atoms with Gasteiger partial charge in [-0.15, -0.1) is 0 Å². The Morgan fingerprint density at radius 1 is 1.33 bits per heavy atom. The summed E-state index contributed by atoms with van der Waals surface area (Å²) in [6, 6.07) is 0. The molecule has 0 aromatic carbocycles. The Morgan fingerprint density at radius 2 is 2.00 bits per heavy atom. The Hall–Kier alpha value is -1.21. The predicted molar refractivity (Wildman–Crippen MR) is 45.9 cm³/mol. The van der Waals surface area contributed by atoms with Gasteiger partial charge >= 0.3 is 6.21 Å². The van der Waals surface area contributed by atoms with Crippen LogP contribution in [0.3, 0.4) is 0 Å². The lowest BCUT2D eigenvalue weighted by Gasteiger charge is -2.11. The SMILES string of the molecule is [N-]=[N+]=CC(=O)C=C1CCCCC1. The molecule has 1 aliphatic carbocycles. The van der Waals surface area contributed by atoms with Crippen molar-refractivity contribution in [2.24, 2.45) is 0 Å². The molecule has 0 heterocycles. The molecule has 1 fully saturated rings. The average Bonchev–Trinajstić information content (AvgIpc) is 2.06. The average molecular weight is 164 g/mol. The van der Waals surface area contributed by atoms with Crippen LogP contribution in [0.5, 0.6) is 0 Å². The van der Waals surface area contributed by atoms with Crippen LogP contribution < -0.4 is 0 Å². The van der Waals surface area contributed by atoms with Crippen LogP contribution in [0.15, 0.2) is 11.6 Å². The molecule has 0 spiro atoms. The first-order chi connectivity index (χ1) is 5.83. The minimum Gasteiger partial charge on any atom is -0.361 e. The lowest BCUT2D eigenvalue weighted by Crippen LogP contribution is -2.00. The molecule has 0 radical (unpaired) electrons. The molecule has 12 heavy (non-hydrogen) atoms. The lowest BCUT2D eigenvalue weighted by molar-refractivity contribution is -0.112. The molecule has 0 amide bonds. The van der Waals surface area contributed by atoms with E-state index in [0.717, 1.165) is 19.1 Å². The molecular formula is C9H12N2O. The van der Waals surface area contributed by atoms with Gasteiger partial charge in [-0.25, -0.2) is 0 Å². The molecule has 0 atom stereocenters. The second kappa shape index (κ2) is 4.62. The van der Waals surface area contributed by atoms with Gasteiger partial charge in [-0.2, -0.15) is 4.79 Å². The van der Waals surface area contributed by atoms with E-state index < -0.39 is 0 Å². The molecule has 0 aliphatic heterocycles. The summed E-state index contributed by atoms with van der Waals surface area (Å²) in [4.78, 5) is 13.6. The normalized spacial score (nSPS) is 16.5. The second-order valence-electron chi connectivity index (χ2n) is 3.01. The van der Waals surface area contributed by atoms with Gasteiger partial charge in [-0.3, -0.25) is 4.79 Å². The molecule has 0 bridgehead atoms. The Balaban J connectivity index is 2.54. The van der Waals surface area contributed by atoms with Crippen LogP contribution in [0, 0.1) is 0 Å². The van der Waals surface area contributed by atoms with Gasteiger partial charge in [0, 0.05) is 0 Å². The molecule has 0 unspecified atom stereocenters. The molecule has 0 N–H and O–H groups in total. The predicted octanol–water partition coefficient (Wildman–Crippen LogP) is 1.75. The maximum atomic E-state index is 10.9. The van der Waals surface area contributed by atoms with E-state index >= 15 is 0 Å². The maximum absolute atomic E-state index is 10.9. The number of nitrogens with zero attached hydrogens (tertiary/aromatic N) is 2. The summed E-state index contributed by atoms with van der Waals surface area (Å²) in [5.74, 6) is -0.214. The highest BCUT2D eigenvalue weighted by Gasteiger charge is 2.07. The van der Waals surface area contributed by atoms with Gasteiger partial charge in [0.1, 0.15) is 0 Å². The van der Waals surface area contributed by atoms with Crippen molar-refractivity contribution in [1.82, 2.24) is 0 Å². The van der Waals surface area contributed by atoms with Crippen molar-refractivity contribution in [3.63, 3.8) is 0 Å². The van der Waals surface area contributed by atoms with Crippen molar-refractivity contribution in [1.29, 1.82) is 0 Å². The van der Waals surface area contributed by atoms with Crippen molar-refractivity contribution in [2.75, 3.05) is 0 Å². The Kier molecular flexibility index (Phi) is 3.42. The molecular weight excluding hydrogens is 152 g/mol. The van der Waals surface area contributed by atoms with E-state index in [4.69, 9.17) is 5.53 Å². The fourth-order valence-corrected chi connectivity index (χ4v) is 1.45. The molecule has 3 nitrogen and oxygen atoms in total. The Morgan fingerprint density at radius 3 is 2.58 bits per heavy atom. The van der Waals surface area contributed by atoms with Gasteiger partial charge in [-0.05, 0) is 31.8 Å². The third kappa shape index (κ3) is 2.81. The highest BCUT2D eigenvalue weighted by Crippen LogP contribution is 2.22. The van der Waals surface area contributed by atoms with Crippen LogP contribution in [-0.2, 0) is 4.79 Å². The van der Waals surface area contributed by atoms with Crippen molar-refractivity contribution >= 4 is 12.0 Å². The highest BCUT2D eigenvalue weighted by molar-refractivity contribution is 6.30. The van der Waals surface area contributed by atoms with Crippen LogP contribution in [0.25, 0.3) is 5.53 Å². The summed E-state index contributed by atoms with van der Waals surface area (Å²) < 4.78 is 0. The van der Waals surface area contributed by atoms with Crippen LogP contribution in [-0.4, -0.2) is 16.8 Å². The second-order valence-corrected chi connectivity index (χ2v) is 3.01. The molecule has 1 saturated carbocycles. The first kappa shape index (κ1) is 8.88. The highest BCUT2D eigenvalue weighted by atomic mass is 16.1. The van der Waals surface area contributed by atoms with Crippen molar-refractivity contribution in [3.05, 3.63) is 17.2 Å². The monoisotopic (exact) mass is 164 g/mol. The maximum Gasteiger partial charge on any atom is 0.327 e. The number of rotatable bonds is 2. The van der Waals surface area contributed by atoms with Crippen molar-refractivity contribution in [3.8, 4) is 0 Å². The number of hydrogen-bond donors (Lipinski definition) is 0. The van der Waals surface area contributed by atoms with Crippen LogP contribution in [0.1, 0.15) is 32.1 Å². The molecule has 0 aromatic heterocycles. The molecule has 1 rings (SSSR count). The number of allylic oxidation sites excluding steroid dienone is 2. The fraction of sp³-hybridized carbons (Fsp3) is 0.556. The van der Waals surface area contributed by atoms with E-state index in [-0.39, 0.29) is 5.78 Å². The minimum atomic E-state index is -0.214. The van der Waals surface area contributed by atoms with Crippen LogP contribution in [0.4, 0.5) is 0 Å². The van der Waals surface area contributed by atoms with Gasteiger partial charge in [0.25, 0.3) is 5.78 Å². The standard InChI is InChI=1S/C9H12N2O/c10-11-7-9(12)6-8-4-2-1-3-5-8/h6-7H,1-5H2. The third-order valence-corrected chi connectivity index (χ3v) is 2.03. The van der Waals surface area contributed by atoms with Gasteiger partial charge in [-0.1, -0.05) is 12.0 Å². The number of carbonyl (C=O) groups excluding carboxylic acids is 1. The minimum absolute atomic E-state index is 0.214. The summed E-state index contributed by atoms with van der Waals surface area (Å²) in [7, 11) is 0. The Bertz CT molecular complexity index is 241. The van der Waals surface area contributed by atoms with E-state index in [1.807, 2.05) is 0 Å². The molecule has 1 aliphatic rings. The molecule has 0 saturated heterocycles. The molecule has 3 heteroatoms. The number of hydrogen-bond acceptors (Lipinski definition) is 1. The van der Waals surface area contributed by atoms with Crippen LogP contribution in [0.2, 0.25) is 0 Å². The number of carbonyl (C=O) groups is 1. The van der Waals surface area contributed by atoms with Crippen molar-refractivity contribution < 1.29 is 9.58 Å². The quantitative estimate of drug-likeness (QED) is 0.265. The zero-order valence-corrected chi connectivity index (χ0v) is 6.99. The summed E-state index contributed by atoms with van der Waals surface area (Å²) in [5, 5.41) is 0. The van der Waals surface area contributed by atoms with Gasteiger partial charge in [0.05, 0.1) is 0 Å². The first-order valence-electron chi connectivity index (χ1n) is 4.24.